The van der Waals surface area contributed by atoms with E-state index >= 15 is 0 Å². The van der Waals surface area contributed by atoms with Gasteiger partial charge >= 0.3 is 0 Å². The van der Waals surface area contributed by atoms with Gasteiger partial charge in [0, 0.05) is 43.8 Å². The summed E-state index contributed by atoms with van der Waals surface area (Å²) in [5.74, 6) is 0.730. The lowest BCUT2D eigenvalue weighted by Gasteiger charge is -2.32. The minimum atomic E-state index is -2.84. The number of hydrogen-bond acceptors (Lipinski definition) is 2. The van der Waals surface area contributed by atoms with Crippen molar-refractivity contribution in [3.8, 4) is 50.7 Å². The van der Waals surface area contributed by atoms with E-state index in [2.05, 4.69) is 219 Å². The Balaban J connectivity index is 1.08. The maximum Gasteiger partial charge on any atom is 0.185 e. The van der Waals surface area contributed by atoms with Crippen LogP contribution in [0.4, 0.5) is 0 Å². The van der Waals surface area contributed by atoms with Crippen LogP contribution in [0.25, 0.3) is 72.5 Å². The second-order valence-corrected chi connectivity index (χ2v) is 20.2. The van der Waals surface area contributed by atoms with Crippen molar-refractivity contribution < 1.29 is 0 Å². The highest BCUT2D eigenvalue weighted by atomic mass is 28.3. The molecule has 0 unspecified atom stereocenters. The first-order valence-corrected chi connectivity index (χ1v) is 22.5. The van der Waals surface area contributed by atoms with Gasteiger partial charge in [-0.2, -0.15) is 0 Å². The molecule has 0 bridgehead atoms. The highest BCUT2D eigenvalue weighted by Crippen LogP contribution is 2.53. The molecule has 0 radical (unpaired) electrons. The van der Waals surface area contributed by atoms with Gasteiger partial charge in [-0.1, -0.05) is 178 Å². The summed E-state index contributed by atoms with van der Waals surface area (Å²) in [4.78, 5) is 11.2. The van der Waals surface area contributed by atoms with Crippen LogP contribution in [0.3, 0.4) is 0 Å². The Hall–Kier alpha value is -7.14. The van der Waals surface area contributed by atoms with Crippen molar-refractivity contribution in [3.63, 3.8) is 0 Å². The van der Waals surface area contributed by atoms with Gasteiger partial charge in [0.1, 0.15) is 0 Å². The maximum absolute atomic E-state index is 5.60. The fraction of sp³-hybridized carbons (Fsp3) is 0.0545. The summed E-state index contributed by atoms with van der Waals surface area (Å²) in [7, 11) is -2.84. The van der Waals surface area contributed by atoms with Crippen molar-refractivity contribution in [2.45, 2.75) is 19.3 Å². The van der Waals surface area contributed by atoms with Crippen LogP contribution in [-0.4, -0.2) is 22.6 Å². The molecule has 12 rings (SSSR count). The molecule has 0 fully saturated rings. The Morgan fingerprint density at radius 1 is 0.458 bits per heavy atom. The average Bonchev–Trinajstić information content (AvgIpc) is 3.88. The largest absolute Gasteiger partial charge is 0.309 e. The van der Waals surface area contributed by atoms with Crippen LogP contribution in [0.1, 0.15) is 25.0 Å². The summed E-state index contributed by atoms with van der Waals surface area (Å²) < 4.78 is 2.43. The van der Waals surface area contributed by atoms with Crippen molar-refractivity contribution >= 4 is 50.6 Å². The van der Waals surface area contributed by atoms with E-state index in [0.717, 1.165) is 34.0 Å². The summed E-state index contributed by atoms with van der Waals surface area (Å²) in [6.45, 7) is 4.71. The first kappa shape index (κ1) is 33.9. The van der Waals surface area contributed by atoms with Crippen molar-refractivity contribution in [2.24, 2.45) is 0 Å². The summed E-state index contributed by atoms with van der Waals surface area (Å²) in [6.07, 6.45) is 0. The molecule has 0 saturated carbocycles. The molecule has 1 aliphatic carbocycles. The predicted octanol–water partition coefficient (Wildman–Crippen LogP) is 10.6. The van der Waals surface area contributed by atoms with Gasteiger partial charge in [0.15, 0.2) is 13.9 Å². The second-order valence-electron chi connectivity index (χ2n) is 16.5. The van der Waals surface area contributed by atoms with E-state index in [9.17, 15) is 0 Å². The summed E-state index contributed by atoms with van der Waals surface area (Å²) >= 11 is 0. The molecule has 0 spiro atoms. The monoisotopic (exact) mass is 769 g/mol. The number of benzene rings is 8. The SMILES string of the molecule is CC1(C)c2ccccc2-c2c1ccc1c2c2ccccc2n1-c1ccc(-c2nc(-c3ccccc3)c3c(n2)-c2ccccc2[Si]3(c2ccccc2)c2ccccc2)cc1. The molecule has 1 aliphatic heterocycles. The lowest BCUT2D eigenvalue weighted by atomic mass is 9.82. The maximum atomic E-state index is 5.60. The number of para-hydroxylation sites is 1. The third kappa shape index (κ3) is 4.69. The topological polar surface area (TPSA) is 30.7 Å². The molecule has 2 aromatic heterocycles. The van der Waals surface area contributed by atoms with Crippen molar-refractivity contribution in [1.29, 1.82) is 0 Å². The Labute approximate surface area is 345 Å². The van der Waals surface area contributed by atoms with Gasteiger partial charge in [-0.25, -0.2) is 9.97 Å². The van der Waals surface area contributed by atoms with Gasteiger partial charge in [-0.05, 0) is 74.2 Å². The zero-order chi connectivity index (χ0) is 39.3. The number of fused-ring (bicyclic) bond motifs is 10. The number of rotatable bonds is 5. The van der Waals surface area contributed by atoms with Gasteiger partial charge in [0.2, 0.25) is 0 Å². The molecule has 0 atom stereocenters. The molecule has 0 N–H and O–H groups in total. The van der Waals surface area contributed by atoms with Crippen molar-refractivity contribution in [2.75, 3.05) is 0 Å². The lowest BCUT2D eigenvalue weighted by molar-refractivity contribution is 0.661. The third-order valence-corrected chi connectivity index (χ3v) is 18.0. The molecule has 10 aromatic rings. The molecular weight excluding hydrogens is 731 g/mol. The highest BCUT2D eigenvalue weighted by Gasteiger charge is 2.51. The second kappa shape index (κ2) is 12.7. The summed E-state index contributed by atoms with van der Waals surface area (Å²) in [5, 5.41) is 7.87. The molecular formula is C55H39N3Si. The third-order valence-electron chi connectivity index (χ3n) is 13.1. The Morgan fingerprint density at radius 3 is 1.78 bits per heavy atom. The molecule has 2 aliphatic rings. The lowest BCUT2D eigenvalue weighted by Crippen LogP contribution is -2.73. The van der Waals surface area contributed by atoms with Crippen LogP contribution in [0.2, 0.25) is 0 Å². The van der Waals surface area contributed by atoms with Gasteiger partial charge in [0.25, 0.3) is 0 Å². The van der Waals surface area contributed by atoms with Gasteiger partial charge in [-0.3, -0.25) is 0 Å². The summed E-state index contributed by atoms with van der Waals surface area (Å²) in [5.41, 5.74) is 14.3. The van der Waals surface area contributed by atoms with E-state index in [1.807, 2.05) is 0 Å². The van der Waals surface area contributed by atoms with E-state index in [0.29, 0.717) is 0 Å². The van der Waals surface area contributed by atoms with E-state index < -0.39 is 8.07 Å². The van der Waals surface area contributed by atoms with Gasteiger partial charge in [-0.15, -0.1) is 0 Å². The average molecular weight is 770 g/mol. The normalized spacial score (nSPS) is 14.2. The van der Waals surface area contributed by atoms with Crippen LogP contribution < -0.4 is 20.7 Å². The molecule has 0 amide bonds. The first-order valence-electron chi connectivity index (χ1n) is 20.5. The summed E-state index contributed by atoms with van der Waals surface area (Å²) in [6, 6.07) is 73.3. The first-order chi connectivity index (χ1) is 29.0. The van der Waals surface area contributed by atoms with Gasteiger partial charge in [0.05, 0.1) is 22.4 Å². The van der Waals surface area contributed by atoms with Crippen LogP contribution in [0.5, 0.6) is 0 Å². The Morgan fingerprint density at radius 2 is 1.05 bits per heavy atom. The number of aromatic nitrogens is 3. The van der Waals surface area contributed by atoms with Crippen LogP contribution in [0.15, 0.2) is 200 Å². The number of hydrogen-bond donors (Lipinski definition) is 0. The quantitative estimate of drug-likeness (QED) is 0.163. The van der Waals surface area contributed by atoms with Crippen molar-refractivity contribution in [3.05, 3.63) is 211 Å². The van der Waals surface area contributed by atoms with E-state index in [4.69, 9.17) is 9.97 Å². The van der Waals surface area contributed by atoms with Crippen LogP contribution in [0, 0.1) is 0 Å². The molecule has 278 valence electrons. The number of nitrogens with zero attached hydrogens (tertiary/aromatic N) is 3. The van der Waals surface area contributed by atoms with Gasteiger partial charge < -0.3 is 4.57 Å². The zero-order valence-electron chi connectivity index (χ0n) is 32.9. The molecule has 3 nitrogen and oxygen atoms in total. The Kier molecular flexibility index (Phi) is 7.29. The van der Waals surface area contributed by atoms with Crippen LogP contribution in [-0.2, 0) is 5.41 Å². The minimum Gasteiger partial charge on any atom is -0.309 e. The van der Waals surface area contributed by atoms with E-state index in [1.54, 1.807) is 0 Å². The van der Waals surface area contributed by atoms with Crippen LogP contribution >= 0.6 is 0 Å². The fourth-order valence-electron chi connectivity index (χ4n) is 10.5. The van der Waals surface area contributed by atoms with E-state index in [1.165, 1.54) is 70.4 Å². The van der Waals surface area contributed by atoms with Crippen molar-refractivity contribution in [1.82, 2.24) is 14.5 Å². The van der Waals surface area contributed by atoms with E-state index in [-0.39, 0.29) is 5.41 Å². The smallest absolute Gasteiger partial charge is 0.185 e. The standard InChI is InChI=1S/C55H39N3Si/c1-55(2)44-27-15-12-24-41(44)49-45(55)34-35-47-50(49)42-25-13-16-28-46(42)58(47)38-32-30-37(31-33-38)54-56-51(36-18-6-3-7-19-36)53-52(57-54)43-26-14-17-29-48(43)59(53,39-20-8-4-9-21-39)40-22-10-5-11-23-40/h3-35H,1-2H3. The molecule has 59 heavy (non-hydrogen) atoms. The zero-order valence-corrected chi connectivity index (χ0v) is 33.9. The molecule has 0 saturated heterocycles. The Bertz CT molecular complexity index is 3240. The highest BCUT2D eigenvalue weighted by molar-refractivity contribution is 7.22. The molecule has 4 heteroatoms. The minimum absolute atomic E-state index is 0.0652. The molecule has 8 aromatic carbocycles. The fourth-order valence-corrected chi connectivity index (χ4v) is 15.8. The molecule has 3 heterocycles. The predicted molar refractivity (Wildman–Crippen MR) is 247 cm³/mol.